The number of carbonyl (C=O) groups excluding carboxylic acids is 1. The number of fused-ring (bicyclic) bond motifs is 1. The fourth-order valence-electron chi connectivity index (χ4n) is 4.34. The lowest BCUT2D eigenvalue weighted by Gasteiger charge is -2.14. The van der Waals surface area contributed by atoms with Crippen molar-refractivity contribution in [3.8, 4) is 5.88 Å². The van der Waals surface area contributed by atoms with E-state index in [4.69, 9.17) is 0 Å². The first-order valence-corrected chi connectivity index (χ1v) is 13.9. The average Bonchev–Trinajstić information content (AvgIpc) is 3.18. The van der Waals surface area contributed by atoms with E-state index < -0.39 is 27.5 Å². The van der Waals surface area contributed by atoms with Crippen molar-refractivity contribution in [2.45, 2.75) is 50.9 Å². The molecule has 0 unspecified atom stereocenters. The molecule has 206 valence electrons. The number of aromatic nitrogens is 2. The summed E-state index contributed by atoms with van der Waals surface area (Å²) in [7, 11) is -3.32. The van der Waals surface area contributed by atoms with Crippen LogP contribution in [0.4, 0.5) is 13.2 Å². The van der Waals surface area contributed by atoms with Gasteiger partial charge in [0.15, 0.2) is 9.84 Å². The Kier molecular flexibility index (Phi) is 7.74. The Morgan fingerprint density at radius 2 is 1.67 bits per heavy atom. The number of hydrogen-bond acceptors (Lipinski definition) is 5. The first kappa shape index (κ1) is 28.2. The summed E-state index contributed by atoms with van der Waals surface area (Å²) >= 11 is 0. The molecule has 4 rings (SSSR count). The van der Waals surface area contributed by atoms with Crippen molar-refractivity contribution in [2.75, 3.05) is 5.75 Å². The molecule has 0 spiro atoms. The second-order valence-electron chi connectivity index (χ2n) is 9.49. The van der Waals surface area contributed by atoms with Gasteiger partial charge in [-0.05, 0) is 47.4 Å². The number of pyridine rings is 1. The quantitative estimate of drug-likeness (QED) is 0.290. The van der Waals surface area contributed by atoms with Crippen molar-refractivity contribution < 1.29 is 31.5 Å². The molecule has 11 heteroatoms. The van der Waals surface area contributed by atoms with E-state index in [-0.39, 0.29) is 41.1 Å². The van der Waals surface area contributed by atoms with E-state index in [9.17, 15) is 31.5 Å². The van der Waals surface area contributed by atoms with E-state index in [2.05, 4.69) is 10.3 Å². The molecule has 1 amide bonds. The number of hydrogen-bond donors (Lipinski definition) is 2. The molecular weight excluding hydrogens is 531 g/mol. The lowest BCUT2D eigenvalue weighted by molar-refractivity contribution is -0.137. The summed E-state index contributed by atoms with van der Waals surface area (Å²) in [5.41, 5.74) is 1.92. The van der Waals surface area contributed by atoms with E-state index in [1.807, 2.05) is 13.8 Å². The van der Waals surface area contributed by atoms with Gasteiger partial charge in [0, 0.05) is 12.7 Å². The van der Waals surface area contributed by atoms with Crippen molar-refractivity contribution in [3.05, 3.63) is 88.7 Å². The number of carbonyl (C=O) groups is 1. The molecule has 7 nitrogen and oxygen atoms in total. The predicted molar refractivity (Wildman–Crippen MR) is 141 cm³/mol. The van der Waals surface area contributed by atoms with Crippen LogP contribution in [0.15, 0.2) is 65.7 Å². The molecule has 0 fully saturated rings. The standard InChI is InChI=1S/C28H28F3N3O4S/c1-4-39(37,38)22-11-7-18(8-12-22)14-33-26(35)20-13-23-24(32-15-20)25(17(2)3)34(27(23)36)16-19-5-9-21(10-6-19)28(29,30)31/h5-13,15,17,36H,4,14,16H2,1-3H3,(H,33,35). The summed E-state index contributed by atoms with van der Waals surface area (Å²) in [4.78, 5) is 17.5. The largest absolute Gasteiger partial charge is 0.494 e. The van der Waals surface area contributed by atoms with Gasteiger partial charge in [-0.2, -0.15) is 13.2 Å². The van der Waals surface area contributed by atoms with Crippen LogP contribution in [0.5, 0.6) is 5.88 Å². The van der Waals surface area contributed by atoms with Gasteiger partial charge in [-0.3, -0.25) is 9.78 Å². The molecule has 0 bridgehead atoms. The second kappa shape index (κ2) is 10.7. The smallest absolute Gasteiger partial charge is 0.416 e. The van der Waals surface area contributed by atoms with Crippen LogP contribution in [0.1, 0.15) is 59.4 Å². The Morgan fingerprint density at radius 1 is 1.05 bits per heavy atom. The highest BCUT2D eigenvalue weighted by atomic mass is 32.2. The first-order valence-electron chi connectivity index (χ1n) is 12.3. The molecule has 2 aromatic carbocycles. The zero-order valence-corrected chi connectivity index (χ0v) is 22.4. The molecule has 0 radical (unpaired) electrons. The topological polar surface area (TPSA) is 101 Å². The molecule has 0 aliphatic heterocycles. The molecule has 0 saturated heterocycles. The first-order chi connectivity index (χ1) is 18.3. The van der Waals surface area contributed by atoms with Crippen LogP contribution in [0.2, 0.25) is 0 Å². The Balaban J connectivity index is 1.57. The summed E-state index contributed by atoms with van der Waals surface area (Å²) in [6.07, 6.45) is -3.03. The summed E-state index contributed by atoms with van der Waals surface area (Å²) in [6, 6.07) is 12.5. The molecule has 0 atom stereocenters. The Labute approximate surface area is 224 Å². The number of sulfone groups is 1. The number of amides is 1. The van der Waals surface area contributed by atoms with Crippen LogP contribution in [0.25, 0.3) is 10.9 Å². The highest BCUT2D eigenvalue weighted by Gasteiger charge is 2.30. The molecule has 2 aromatic heterocycles. The second-order valence-corrected chi connectivity index (χ2v) is 11.8. The van der Waals surface area contributed by atoms with Gasteiger partial charge in [0.25, 0.3) is 5.91 Å². The maximum Gasteiger partial charge on any atom is 0.416 e. The molecular formula is C28H28F3N3O4S. The lowest BCUT2D eigenvalue weighted by atomic mass is 10.1. The van der Waals surface area contributed by atoms with Crippen LogP contribution in [-0.4, -0.2) is 34.7 Å². The van der Waals surface area contributed by atoms with Crippen LogP contribution in [0.3, 0.4) is 0 Å². The van der Waals surface area contributed by atoms with Crippen molar-refractivity contribution >= 4 is 26.6 Å². The van der Waals surface area contributed by atoms with Gasteiger partial charge in [-0.1, -0.05) is 45.0 Å². The molecule has 0 aliphatic rings. The van der Waals surface area contributed by atoms with Crippen LogP contribution < -0.4 is 5.32 Å². The number of halogens is 3. The lowest BCUT2D eigenvalue weighted by Crippen LogP contribution is -2.22. The Bertz CT molecular complexity index is 1610. The molecule has 4 aromatic rings. The highest BCUT2D eigenvalue weighted by molar-refractivity contribution is 7.91. The van der Waals surface area contributed by atoms with Gasteiger partial charge < -0.3 is 15.0 Å². The number of rotatable bonds is 8. The van der Waals surface area contributed by atoms with Gasteiger partial charge in [-0.15, -0.1) is 0 Å². The third-order valence-corrected chi connectivity index (χ3v) is 8.21. The minimum Gasteiger partial charge on any atom is -0.494 e. The average molecular weight is 560 g/mol. The fraction of sp³-hybridized carbons (Fsp3) is 0.286. The molecule has 0 saturated carbocycles. The number of benzene rings is 2. The number of nitrogens with one attached hydrogen (secondary N) is 1. The van der Waals surface area contributed by atoms with Crippen LogP contribution in [0, 0.1) is 0 Å². The van der Waals surface area contributed by atoms with Gasteiger partial charge >= 0.3 is 6.18 Å². The fourth-order valence-corrected chi connectivity index (χ4v) is 5.23. The van der Waals surface area contributed by atoms with Crippen LogP contribution in [-0.2, 0) is 29.1 Å². The van der Waals surface area contributed by atoms with Gasteiger partial charge in [0.2, 0.25) is 5.88 Å². The number of nitrogens with zero attached hydrogens (tertiary/aromatic N) is 2. The third-order valence-electron chi connectivity index (χ3n) is 6.46. The summed E-state index contributed by atoms with van der Waals surface area (Å²) < 4.78 is 64.4. The minimum atomic E-state index is -4.44. The van der Waals surface area contributed by atoms with Crippen molar-refractivity contribution in [3.63, 3.8) is 0 Å². The summed E-state index contributed by atoms with van der Waals surface area (Å²) in [5.74, 6) is -0.649. The Morgan fingerprint density at radius 3 is 2.23 bits per heavy atom. The summed E-state index contributed by atoms with van der Waals surface area (Å²) in [6.45, 7) is 5.67. The molecule has 2 N–H and O–H groups in total. The van der Waals surface area contributed by atoms with Gasteiger partial charge in [0.1, 0.15) is 0 Å². The van der Waals surface area contributed by atoms with Gasteiger partial charge in [0.05, 0.1) is 44.9 Å². The number of alkyl halides is 3. The van der Waals surface area contributed by atoms with E-state index in [0.717, 1.165) is 12.1 Å². The van der Waals surface area contributed by atoms with E-state index in [1.165, 1.54) is 36.5 Å². The maximum absolute atomic E-state index is 12.9. The zero-order valence-electron chi connectivity index (χ0n) is 21.6. The number of aromatic hydroxyl groups is 1. The highest BCUT2D eigenvalue weighted by Crippen LogP contribution is 2.36. The summed E-state index contributed by atoms with van der Waals surface area (Å²) in [5, 5.41) is 14.2. The van der Waals surface area contributed by atoms with Crippen molar-refractivity contribution in [2.24, 2.45) is 0 Å². The predicted octanol–water partition coefficient (Wildman–Crippen LogP) is 5.66. The SMILES string of the molecule is CCS(=O)(=O)c1ccc(CNC(=O)c2cnc3c(C(C)C)n(Cc4ccc(C(F)(F)F)cc4)c(O)c3c2)cc1. The Hall–Kier alpha value is -3.86. The minimum absolute atomic E-state index is 0.00398. The molecule has 39 heavy (non-hydrogen) atoms. The molecule has 0 aliphatic carbocycles. The van der Waals surface area contributed by atoms with Crippen LogP contribution >= 0.6 is 0 Å². The van der Waals surface area contributed by atoms with E-state index in [0.29, 0.717) is 27.7 Å². The van der Waals surface area contributed by atoms with Crippen molar-refractivity contribution in [1.82, 2.24) is 14.9 Å². The maximum atomic E-state index is 12.9. The zero-order chi connectivity index (χ0) is 28.5. The van der Waals surface area contributed by atoms with Gasteiger partial charge in [-0.25, -0.2) is 8.42 Å². The van der Waals surface area contributed by atoms with E-state index >= 15 is 0 Å². The van der Waals surface area contributed by atoms with Crippen molar-refractivity contribution in [1.29, 1.82) is 0 Å². The van der Waals surface area contributed by atoms with E-state index in [1.54, 1.807) is 23.6 Å². The third kappa shape index (κ3) is 5.93. The molecule has 2 heterocycles. The monoisotopic (exact) mass is 559 g/mol. The normalized spacial score (nSPS) is 12.3.